The summed E-state index contributed by atoms with van der Waals surface area (Å²) in [5.41, 5.74) is 0. The first-order chi connectivity index (χ1) is 9.90. The van der Waals surface area contributed by atoms with E-state index in [1.807, 2.05) is 7.05 Å². The predicted octanol–water partition coefficient (Wildman–Crippen LogP) is 2.91. The fraction of sp³-hybridized carbons (Fsp3) is 0.538. The van der Waals surface area contributed by atoms with Gasteiger partial charge in [-0.25, -0.2) is 8.42 Å². The van der Waals surface area contributed by atoms with Gasteiger partial charge in [-0.3, -0.25) is 0 Å². The van der Waals surface area contributed by atoms with E-state index < -0.39 is 10.0 Å². The van der Waals surface area contributed by atoms with Gasteiger partial charge in [0.2, 0.25) is 10.0 Å². The lowest BCUT2D eigenvalue weighted by Gasteiger charge is -2.31. The number of nitrogens with one attached hydrogen (secondary N) is 1. The van der Waals surface area contributed by atoms with Crippen LogP contribution in [-0.4, -0.2) is 46.0 Å². The molecule has 0 aromatic heterocycles. The van der Waals surface area contributed by atoms with Crippen molar-refractivity contribution in [2.75, 3.05) is 27.2 Å². The first kappa shape index (κ1) is 20.0. The van der Waals surface area contributed by atoms with Crippen molar-refractivity contribution >= 4 is 50.0 Å². The molecule has 126 valence electrons. The Balaban J connectivity index is 0.00000242. The van der Waals surface area contributed by atoms with Crippen LogP contribution in [0.2, 0.25) is 5.02 Å². The summed E-state index contributed by atoms with van der Waals surface area (Å²) in [5, 5.41) is 3.53. The molecule has 1 aliphatic heterocycles. The van der Waals surface area contributed by atoms with E-state index in [0.717, 1.165) is 12.8 Å². The van der Waals surface area contributed by atoms with Crippen LogP contribution in [0.3, 0.4) is 0 Å². The van der Waals surface area contributed by atoms with Gasteiger partial charge in [-0.15, -0.1) is 12.4 Å². The molecule has 5 nitrogen and oxygen atoms in total. The summed E-state index contributed by atoms with van der Waals surface area (Å²) in [5.74, 6) is 0.287. The average molecular weight is 434 g/mol. The zero-order chi connectivity index (χ0) is 15.6. The lowest BCUT2D eigenvalue weighted by atomic mass is 10.1. The van der Waals surface area contributed by atoms with Crippen LogP contribution in [-0.2, 0) is 10.0 Å². The lowest BCUT2D eigenvalue weighted by Crippen LogP contribution is -2.43. The van der Waals surface area contributed by atoms with Crippen molar-refractivity contribution in [2.24, 2.45) is 0 Å². The molecule has 9 heteroatoms. The van der Waals surface area contributed by atoms with Crippen LogP contribution in [0.25, 0.3) is 0 Å². The van der Waals surface area contributed by atoms with E-state index in [9.17, 15) is 8.42 Å². The van der Waals surface area contributed by atoms with E-state index in [1.165, 1.54) is 17.5 Å². The average Bonchev–Trinajstić information content (AvgIpc) is 2.46. The molecule has 0 saturated carbocycles. The minimum atomic E-state index is -3.62. The molecule has 0 atom stereocenters. The standard InChI is InChI=1S/C13H18BrClN2O3S.ClH/c1-16-10-3-5-17(6-4-10)21(18,19)12-8-9(15)7-11(14)13(12)20-2;/h7-8,10,16H,3-6H2,1-2H3;1H. The van der Waals surface area contributed by atoms with E-state index in [4.69, 9.17) is 16.3 Å². The summed E-state index contributed by atoms with van der Waals surface area (Å²) in [4.78, 5) is 0.104. The minimum Gasteiger partial charge on any atom is -0.494 e. The number of halogens is 3. The summed E-state index contributed by atoms with van der Waals surface area (Å²) >= 11 is 9.28. The Bertz CT molecular complexity index is 620. The molecular weight excluding hydrogens is 415 g/mol. The van der Waals surface area contributed by atoms with Crippen molar-refractivity contribution in [3.63, 3.8) is 0 Å². The number of piperidine rings is 1. The normalized spacial score (nSPS) is 17.1. The van der Waals surface area contributed by atoms with Gasteiger partial charge in [0.1, 0.15) is 4.90 Å². The third kappa shape index (κ3) is 4.07. The van der Waals surface area contributed by atoms with Gasteiger partial charge in [0.05, 0.1) is 11.6 Å². The third-order valence-corrected chi connectivity index (χ3v) is 6.37. The maximum atomic E-state index is 12.8. The van der Waals surface area contributed by atoms with Gasteiger partial charge in [-0.2, -0.15) is 4.31 Å². The van der Waals surface area contributed by atoms with Crippen molar-refractivity contribution in [3.05, 3.63) is 21.6 Å². The Labute approximate surface area is 150 Å². The highest BCUT2D eigenvalue weighted by atomic mass is 79.9. The summed E-state index contributed by atoms with van der Waals surface area (Å²) in [6.45, 7) is 0.974. The molecule has 0 amide bonds. The van der Waals surface area contributed by atoms with Gasteiger partial charge in [0.15, 0.2) is 5.75 Å². The number of rotatable bonds is 4. The molecule has 0 unspecified atom stereocenters. The highest BCUT2D eigenvalue weighted by molar-refractivity contribution is 9.10. The fourth-order valence-corrected chi connectivity index (χ4v) is 5.29. The molecule has 0 aliphatic carbocycles. The molecule has 1 N–H and O–H groups in total. The molecule has 1 fully saturated rings. The first-order valence-electron chi connectivity index (χ1n) is 6.60. The summed E-state index contributed by atoms with van der Waals surface area (Å²) < 4.78 is 32.9. The number of methoxy groups -OCH3 is 1. The fourth-order valence-electron chi connectivity index (χ4n) is 2.45. The van der Waals surface area contributed by atoms with Crippen molar-refractivity contribution in [3.8, 4) is 5.75 Å². The maximum Gasteiger partial charge on any atom is 0.246 e. The van der Waals surface area contributed by atoms with Crippen LogP contribution in [0.1, 0.15) is 12.8 Å². The third-order valence-electron chi connectivity index (χ3n) is 3.66. The van der Waals surface area contributed by atoms with Gasteiger partial charge in [-0.1, -0.05) is 11.6 Å². The Kier molecular flexibility index (Phi) is 7.42. The quantitative estimate of drug-likeness (QED) is 0.792. The second-order valence-corrected chi connectivity index (χ2v) is 8.08. The molecule has 22 heavy (non-hydrogen) atoms. The van der Waals surface area contributed by atoms with E-state index in [0.29, 0.717) is 28.6 Å². The van der Waals surface area contributed by atoms with E-state index >= 15 is 0 Å². The first-order valence-corrected chi connectivity index (χ1v) is 9.21. The topological polar surface area (TPSA) is 58.6 Å². The van der Waals surface area contributed by atoms with Crippen molar-refractivity contribution in [1.29, 1.82) is 0 Å². The van der Waals surface area contributed by atoms with Gasteiger partial charge >= 0.3 is 0 Å². The van der Waals surface area contributed by atoms with Crippen LogP contribution in [0, 0.1) is 0 Å². The van der Waals surface area contributed by atoms with Gasteiger partial charge < -0.3 is 10.1 Å². The van der Waals surface area contributed by atoms with Crippen LogP contribution in [0.15, 0.2) is 21.5 Å². The zero-order valence-electron chi connectivity index (χ0n) is 12.3. The molecular formula is C13H19BrCl2N2O3S. The van der Waals surface area contributed by atoms with Gasteiger partial charge in [0.25, 0.3) is 0 Å². The largest absolute Gasteiger partial charge is 0.494 e. The van der Waals surface area contributed by atoms with Gasteiger partial charge in [0, 0.05) is 24.2 Å². The molecule has 0 bridgehead atoms. The number of hydrogen-bond donors (Lipinski definition) is 1. The second kappa shape index (κ2) is 8.17. The van der Waals surface area contributed by atoms with Crippen LogP contribution >= 0.6 is 39.9 Å². The molecule has 1 saturated heterocycles. The summed E-state index contributed by atoms with van der Waals surface area (Å²) in [6, 6.07) is 3.42. The predicted molar refractivity (Wildman–Crippen MR) is 93.8 cm³/mol. The Morgan fingerprint density at radius 1 is 1.36 bits per heavy atom. The van der Waals surface area contributed by atoms with E-state index in [-0.39, 0.29) is 23.1 Å². The Morgan fingerprint density at radius 3 is 2.45 bits per heavy atom. The number of ether oxygens (including phenoxy) is 1. The van der Waals surface area contributed by atoms with E-state index in [1.54, 1.807) is 6.07 Å². The molecule has 2 rings (SSSR count). The van der Waals surface area contributed by atoms with Crippen molar-refractivity contribution in [1.82, 2.24) is 9.62 Å². The van der Waals surface area contributed by atoms with Crippen molar-refractivity contribution in [2.45, 2.75) is 23.8 Å². The van der Waals surface area contributed by atoms with Crippen molar-refractivity contribution < 1.29 is 13.2 Å². The molecule has 0 spiro atoms. The molecule has 1 aromatic carbocycles. The summed E-state index contributed by atoms with van der Waals surface area (Å²) in [6.07, 6.45) is 1.58. The highest BCUT2D eigenvalue weighted by Crippen LogP contribution is 2.37. The number of sulfonamides is 1. The Hall–Kier alpha value is -0.0500. The van der Waals surface area contributed by atoms with Crippen LogP contribution in [0.4, 0.5) is 0 Å². The molecule has 1 heterocycles. The second-order valence-electron chi connectivity index (χ2n) is 4.89. The SMILES string of the molecule is CNC1CCN(S(=O)(=O)c2cc(Cl)cc(Br)c2OC)CC1.Cl. The number of benzene rings is 1. The lowest BCUT2D eigenvalue weighted by molar-refractivity contribution is 0.297. The van der Waals surface area contributed by atoms with Gasteiger partial charge in [-0.05, 0) is 48.0 Å². The number of nitrogens with zero attached hydrogens (tertiary/aromatic N) is 1. The van der Waals surface area contributed by atoms with E-state index in [2.05, 4.69) is 21.2 Å². The zero-order valence-corrected chi connectivity index (χ0v) is 16.3. The molecule has 0 radical (unpaired) electrons. The van der Waals surface area contributed by atoms with Crippen LogP contribution < -0.4 is 10.1 Å². The molecule has 1 aromatic rings. The van der Waals surface area contributed by atoms with Crippen LogP contribution in [0.5, 0.6) is 5.75 Å². The highest BCUT2D eigenvalue weighted by Gasteiger charge is 2.32. The minimum absolute atomic E-state index is 0. The molecule has 1 aliphatic rings. The smallest absolute Gasteiger partial charge is 0.246 e. The maximum absolute atomic E-state index is 12.8. The Morgan fingerprint density at radius 2 is 1.95 bits per heavy atom. The number of hydrogen-bond acceptors (Lipinski definition) is 4. The summed E-state index contributed by atoms with van der Waals surface area (Å²) in [7, 11) is -0.276. The monoisotopic (exact) mass is 432 g/mol.